The van der Waals surface area contributed by atoms with Crippen LogP contribution in [0.25, 0.3) is 0 Å². The molecule has 0 saturated carbocycles. The Morgan fingerprint density at radius 3 is 1.57 bits per heavy atom. The fourth-order valence-corrected chi connectivity index (χ4v) is 15.0. The summed E-state index contributed by atoms with van der Waals surface area (Å²) in [5.74, 6) is 0. The number of ether oxygens (including phenoxy) is 1. The van der Waals surface area contributed by atoms with E-state index in [4.69, 9.17) is 13.0 Å². The smallest absolute Gasteiger partial charge is 0.314 e. The summed E-state index contributed by atoms with van der Waals surface area (Å²) >= 11 is 0. The highest BCUT2D eigenvalue weighted by Crippen LogP contribution is 2.26. The predicted molar refractivity (Wildman–Crippen MR) is 103 cm³/mol. The first-order chi connectivity index (χ1) is 10.2. The summed E-state index contributed by atoms with van der Waals surface area (Å²) in [4.78, 5) is 0. The number of aliphatic hydroxyl groups excluding tert-OH is 2. The topological polar surface area (TPSA) is 68.2 Å². The molecule has 23 heavy (non-hydrogen) atoms. The molecule has 5 nitrogen and oxygen atoms in total. The molecule has 0 aliphatic carbocycles. The van der Waals surface area contributed by atoms with Crippen LogP contribution in [0.4, 0.5) is 0 Å². The predicted octanol–water partition coefficient (Wildman–Crippen LogP) is 3.30. The molecule has 0 spiro atoms. The first-order valence-corrected chi connectivity index (χ1v) is 17.8. The minimum absolute atomic E-state index is 0.173. The van der Waals surface area contributed by atoms with Crippen molar-refractivity contribution in [3.05, 3.63) is 0 Å². The molecule has 0 radical (unpaired) electrons. The van der Waals surface area contributed by atoms with E-state index in [2.05, 4.69) is 45.8 Å². The summed E-state index contributed by atoms with van der Waals surface area (Å²) in [6, 6.07) is 0.958. The second kappa shape index (κ2) is 9.23. The van der Waals surface area contributed by atoms with Gasteiger partial charge in [0.1, 0.15) is 5.60 Å². The molecule has 0 heterocycles. The first-order valence-electron chi connectivity index (χ1n) is 8.50. The van der Waals surface area contributed by atoms with Gasteiger partial charge >= 0.3 is 8.56 Å². The van der Waals surface area contributed by atoms with Crippen LogP contribution in [-0.4, -0.2) is 60.8 Å². The van der Waals surface area contributed by atoms with Crippen LogP contribution in [0, 0.1) is 0 Å². The summed E-state index contributed by atoms with van der Waals surface area (Å²) in [5.41, 5.74) is -0.843. The van der Waals surface area contributed by atoms with Crippen LogP contribution in [0.2, 0.25) is 51.9 Å². The molecule has 0 aromatic carbocycles. The van der Waals surface area contributed by atoms with E-state index in [9.17, 15) is 10.2 Å². The zero-order chi connectivity index (χ0) is 18.4. The first kappa shape index (κ1) is 23.5. The van der Waals surface area contributed by atoms with Gasteiger partial charge < -0.3 is 23.2 Å². The maximum Gasteiger partial charge on any atom is 0.314 e. The number of aliphatic hydroxyl groups is 2. The lowest BCUT2D eigenvalue weighted by atomic mass is 10.1. The van der Waals surface area contributed by atoms with Crippen molar-refractivity contribution >= 4 is 25.2 Å². The highest BCUT2D eigenvalue weighted by atomic mass is 28.5. The minimum atomic E-state index is -2.16. The molecule has 0 bridgehead atoms. The monoisotopic (exact) mass is 382 g/mol. The molecule has 0 amide bonds. The fourth-order valence-electron chi connectivity index (χ4n) is 2.43. The van der Waals surface area contributed by atoms with Crippen LogP contribution in [0.15, 0.2) is 0 Å². The van der Waals surface area contributed by atoms with E-state index < -0.39 is 30.8 Å². The van der Waals surface area contributed by atoms with Crippen molar-refractivity contribution in [3.63, 3.8) is 0 Å². The fraction of sp³-hybridized carbons (Fsp3) is 1.00. The third-order valence-corrected chi connectivity index (χ3v) is 12.8. The van der Waals surface area contributed by atoms with Crippen LogP contribution in [-0.2, 0) is 13.0 Å². The number of hydrogen-bond acceptors (Lipinski definition) is 5. The van der Waals surface area contributed by atoms with Crippen LogP contribution in [0.5, 0.6) is 0 Å². The van der Waals surface area contributed by atoms with E-state index in [1.807, 2.05) is 0 Å². The van der Waals surface area contributed by atoms with Crippen molar-refractivity contribution in [1.82, 2.24) is 0 Å². The highest BCUT2D eigenvalue weighted by Gasteiger charge is 2.39. The largest absolute Gasteiger partial charge is 0.437 e. The van der Waals surface area contributed by atoms with Gasteiger partial charge in [0.2, 0.25) is 0 Å². The molecule has 0 aromatic rings. The zero-order valence-corrected chi connectivity index (χ0v) is 19.4. The van der Waals surface area contributed by atoms with Gasteiger partial charge in [-0.05, 0) is 71.6 Å². The Balaban J connectivity index is 4.46. The van der Waals surface area contributed by atoms with Crippen molar-refractivity contribution < 1.29 is 23.2 Å². The Kier molecular flexibility index (Phi) is 9.41. The Hall–Kier alpha value is 0.451. The quantitative estimate of drug-likeness (QED) is 0.400. The molecule has 0 unspecified atom stereocenters. The van der Waals surface area contributed by atoms with Gasteiger partial charge in [0.05, 0.1) is 13.2 Å². The van der Waals surface area contributed by atoms with Gasteiger partial charge in [0, 0.05) is 6.61 Å². The molecular formula is C15H38O5Si3. The summed E-state index contributed by atoms with van der Waals surface area (Å²) in [6.45, 7) is 17.4. The second-order valence-corrected chi connectivity index (χ2v) is 21.5. The lowest BCUT2D eigenvalue weighted by Gasteiger charge is -2.38. The van der Waals surface area contributed by atoms with Crippen molar-refractivity contribution in [2.75, 3.05) is 19.8 Å². The minimum Gasteiger partial charge on any atom is -0.437 e. The number of unbranched alkanes of at least 4 members (excludes halogenated alkanes) is 1. The SMILES string of the molecule is CC(CO)(CO)OCCCC[Si](C)(O[Si](C)(C)C)O[Si](C)(C)C. The van der Waals surface area contributed by atoms with Gasteiger partial charge in [0.25, 0.3) is 0 Å². The number of rotatable bonds is 12. The Morgan fingerprint density at radius 2 is 1.22 bits per heavy atom. The average Bonchev–Trinajstić information content (AvgIpc) is 2.33. The maximum absolute atomic E-state index is 9.22. The van der Waals surface area contributed by atoms with Gasteiger partial charge in [-0.15, -0.1) is 0 Å². The second-order valence-electron chi connectivity index (χ2n) is 8.63. The number of hydrogen-bond donors (Lipinski definition) is 2. The molecule has 0 aromatic heterocycles. The molecule has 0 fully saturated rings. The van der Waals surface area contributed by atoms with Crippen molar-refractivity contribution in [2.24, 2.45) is 0 Å². The molecule has 0 saturated heterocycles. The summed E-state index contributed by atoms with van der Waals surface area (Å²) in [7, 11) is -5.45. The van der Waals surface area contributed by atoms with Crippen molar-refractivity contribution in [3.8, 4) is 0 Å². The van der Waals surface area contributed by atoms with E-state index in [-0.39, 0.29) is 13.2 Å². The van der Waals surface area contributed by atoms with Gasteiger partial charge in [-0.2, -0.15) is 0 Å². The van der Waals surface area contributed by atoms with E-state index in [1.54, 1.807) is 6.92 Å². The van der Waals surface area contributed by atoms with Crippen LogP contribution in [0.3, 0.4) is 0 Å². The van der Waals surface area contributed by atoms with Crippen LogP contribution in [0.1, 0.15) is 19.8 Å². The van der Waals surface area contributed by atoms with Gasteiger partial charge in [-0.1, -0.05) is 0 Å². The van der Waals surface area contributed by atoms with Crippen molar-refractivity contribution in [1.29, 1.82) is 0 Å². The molecular weight excluding hydrogens is 344 g/mol. The van der Waals surface area contributed by atoms with Crippen LogP contribution >= 0.6 is 0 Å². The van der Waals surface area contributed by atoms with E-state index in [1.165, 1.54) is 0 Å². The lowest BCUT2D eigenvalue weighted by molar-refractivity contribution is -0.0965. The summed E-state index contributed by atoms with van der Waals surface area (Å²) in [5, 5.41) is 18.4. The maximum atomic E-state index is 9.22. The molecule has 2 N–H and O–H groups in total. The Bertz CT molecular complexity index is 319. The summed E-state index contributed by atoms with van der Waals surface area (Å²) in [6.07, 6.45) is 1.85. The van der Waals surface area contributed by atoms with Crippen LogP contribution < -0.4 is 0 Å². The van der Waals surface area contributed by atoms with Crippen molar-refractivity contribution in [2.45, 2.75) is 77.2 Å². The molecule has 0 atom stereocenters. The van der Waals surface area contributed by atoms with E-state index >= 15 is 0 Å². The standard InChI is InChI=1S/C15H38O5Si3/c1-15(13-16,14-17)18-11-9-10-12-23(8,19-21(2,3)4)20-22(5,6)7/h16-17H,9-14H2,1-8H3. The normalized spacial score (nSPS) is 14.3. The molecule has 0 aliphatic heterocycles. The molecule has 0 rings (SSSR count). The summed E-state index contributed by atoms with van der Waals surface area (Å²) < 4.78 is 18.5. The Labute approximate surface area is 145 Å². The third-order valence-electron chi connectivity index (χ3n) is 3.19. The molecule has 8 heteroatoms. The third kappa shape index (κ3) is 11.6. The van der Waals surface area contributed by atoms with E-state index in [0.717, 1.165) is 18.9 Å². The van der Waals surface area contributed by atoms with Gasteiger partial charge in [-0.25, -0.2) is 0 Å². The molecule has 0 aliphatic rings. The molecule has 140 valence electrons. The lowest BCUT2D eigenvalue weighted by Crippen LogP contribution is -2.52. The highest BCUT2D eigenvalue weighted by molar-refractivity contribution is 6.87. The van der Waals surface area contributed by atoms with Gasteiger partial charge in [-0.3, -0.25) is 0 Å². The van der Waals surface area contributed by atoms with E-state index in [0.29, 0.717) is 6.61 Å². The van der Waals surface area contributed by atoms with Gasteiger partial charge in [0.15, 0.2) is 16.6 Å². The average molecular weight is 383 g/mol. The zero-order valence-electron chi connectivity index (χ0n) is 16.4. The Morgan fingerprint density at radius 1 is 0.783 bits per heavy atom.